The molecule has 0 heterocycles. The molecule has 0 aliphatic heterocycles. The van der Waals surface area contributed by atoms with Crippen LogP contribution in [0.2, 0.25) is 0 Å². The number of ether oxygens (including phenoxy) is 1. The number of carbonyl (C=O) groups excluding carboxylic acids is 2. The van der Waals surface area contributed by atoms with Crippen molar-refractivity contribution in [3.63, 3.8) is 0 Å². The average molecular weight is 792 g/mol. The molecule has 1 amide bonds. The second-order valence-electron chi connectivity index (χ2n) is 17.1. The molecule has 6 nitrogen and oxygen atoms in total. The summed E-state index contributed by atoms with van der Waals surface area (Å²) < 4.78 is 5.44. The lowest BCUT2D eigenvalue weighted by Crippen LogP contribution is -2.45. The maximum absolute atomic E-state index is 12.4. The number of hydrogen-bond donors (Lipinski definition) is 3. The van der Waals surface area contributed by atoms with Crippen LogP contribution in [-0.2, 0) is 14.3 Å². The Kier molecular flexibility index (Phi) is 45.1. The Labute approximate surface area is 349 Å². The van der Waals surface area contributed by atoms with Crippen molar-refractivity contribution < 1.29 is 24.5 Å². The predicted octanol–water partition coefficient (Wildman–Crippen LogP) is 14.6. The highest BCUT2D eigenvalue weighted by atomic mass is 16.5. The number of amides is 1. The van der Waals surface area contributed by atoms with Crippen molar-refractivity contribution in [1.82, 2.24) is 5.32 Å². The molecule has 0 rings (SSSR count). The van der Waals surface area contributed by atoms with Gasteiger partial charge in [-0.15, -0.1) is 0 Å². The van der Waals surface area contributed by atoms with Gasteiger partial charge >= 0.3 is 5.97 Å². The SMILES string of the molecule is CCCC/C=C\CCCCCCCC(=O)OCCCCCCCCCCCCCCCCCC(=O)NC(CO)C(O)CCCCCCCCCCCCCCC. The van der Waals surface area contributed by atoms with Crippen LogP contribution in [0.4, 0.5) is 0 Å². The van der Waals surface area contributed by atoms with Crippen LogP contribution in [0.1, 0.15) is 271 Å². The van der Waals surface area contributed by atoms with E-state index in [9.17, 15) is 19.8 Å². The Balaban J connectivity index is 3.44. The van der Waals surface area contributed by atoms with Crippen LogP contribution in [0.15, 0.2) is 12.2 Å². The van der Waals surface area contributed by atoms with Gasteiger partial charge in [-0.3, -0.25) is 9.59 Å². The van der Waals surface area contributed by atoms with Gasteiger partial charge in [-0.1, -0.05) is 225 Å². The molecule has 56 heavy (non-hydrogen) atoms. The molecular formula is C50H97NO5. The third-order valence-electron chi connectivity index (χ3n) is 11.6. The molecule has 0 aromatic carbocycles. The monoisotopic (exact) mass is 792 g/mol. The molecule has 332 valence electrons. The molecular weight excluding hydrogens is 695 g/mol. The van der Waals surface area contributed by atoms with E-state index in [2.05, 4.69) is 31.3 Å². The highest BCUT2D eigenvalue weighted by Gasteiger charge is 2.20. The first-order valence-electron chi connectivity index (χ1n) is 24.9. The highest BCUT2D eigenvalue weighted by molar-refractivity contribution is 5.76. The van der Waals surface area contributed by atoms with Crippen molar-refractivity contribution in [1.29, 1.82) is 0 Å². The zero-order chi connectivity index (χ0) is 40.8. The van der Waals surface area contributed by atoms with E-state index >= 15 is 0 Å². The van der Waals surface area contributed by atoms with Crippen LogP contribution < -0.4 is 5.32 Å². The van der Waals surface area contributed by atoms with E-state index < -0.39 is 12.1 Å². The molecule has 0 aliphatic rings. The first kappa shape index (κ1) is 54.6. The lowest BCUT2D eigenvalue weighted by molar-refractivity contribution is -0.143. The fourth-order valence-electron chi connectivity index (χ4n) is 7.68. The molecule has 0 bridgehead atoms. The van der Waals surface area contributed by atoms with Gasteiger partial charge < -0.3 is 20.3 Å². The number of hydrogen-bond acceptors (Lipinski definition) is 5. The molecule has 2 unspecified atom stereocenters. The zero-order valence-corrected chi connectivity index (χ0v) is 37.6. The van der Waals surface area contributed by atoms with Crippen molar-refractivity contribution in [2.45, 2.75) is 283 Å². The minimum atomic E-state index is -0.668. The van der Waals surface area contributed by atoms with E-state index in [0.29, 0.717) is 25.9 Å². The molecule has 0 aromatic rings. The maximum atomic E-state index is 12.4. The summed E-state index contributed by atoms with van der Waals surface area (Å²) >= 11 is 0. The fraction of sp³-hybridized carbons (Fsp3) is 0.920. The molecule has 0 saturated carbocycles. The van der Waals surface area contributed by atoms with Crippen molar-refractivity contribution >= 4 is 11.9 Å². The van der Waals surface area contributed by atoms with E-state index in [4.69, 9.17) is 4.74 Å². The Morgan fingerprint density at radius 3 is 1.32 bits per heavy atom. The molecule has 0 fully saturated rings. The summed E-state index contributed by atoms with van der Waals surface area (Å²) in [6, 6.07) is -0.546. The number of esters is 1. The molecule has 2 atom stereocenters. The largest absolute Gasteiger partial charge is 0.466 e. The summed E-state index contributed by atoms with van der Waals surface area (Å²) in [5.41, 5.74) is 0. The minimum Gasteiger partial charge on any atom is -0.466 e. The van der Waals surface area contributed by atoms with E-state index in [1.165, 1.54) is 186 Å². The number of aliphatic hydroxyl groups excluding tert-OH is 2. The minimum absolute atomic E-state index is 0.0104. The van der Waals surface area contributed by atoms with Crippen LogP contribution in [0.3, 0.4) is 0 Å². The lowest BCUT2D eigenvalue weighted by Gasteiger charge is -2.22. The molecule has 0 radical (unpaired) electrons. The van der Waals surface area contributed by atoms with Crippen LogP contribution in [0.5, 0.6) is 0 Å². The normalized spacial score (nSPS) is 12.7. The first-order valence-corrected chi connectivity index (χ1v) is 24.9. The number of allylic oxidation sites excluding steroid dienone is 2. The Hall–Kier alpha value is -1.40. The third-order valence-corrected chi connectivity index (χ3v) is 11.6. The van der Waals surface area contributed by atoms with E-state index in [1.54, 1.807) is 0 Å². The Morgan fingerprint density at radius 1 is 0.482 bits per heavy atom. The third kappa shape index (κ3) is 42.2. The van der Waals surface area contributed by atoms with Gasteiger partial charge in [0.2, 0.25) is 5.91 Å². The van der Waals surface area contributed by atoms with Crippen molar-refractivity contribution in [3.05, 3.63) is 12.2 Å². The predicted molar refractivity (Wildman–Crippen MR) is 241 cm³/mol. The summed E-state index contributed by atoms with van der Waals surface area (Å²) in [6.07, 6.45) is 51.7. The lowest BCUT2D eigenvalue weighted by atomic mass is 10.0. The van der Waals surface area contributed by atoms with Crippen LogP contribution in [0, 0.1) is 0 Å². The molecule has 0 aliphatic carbocycles. The second-order valence-corrected chi connectivity index (χ2v) is 17.1. The van der Waals surface area contributed by atoms with Crippen molar-refractivity contribution in [3.8, 4) is 0 Å². The molecule has 0 saturated heterocycles. The molecule has 3 N–H and O–H groups in total. The van der Waals surface area contributed by atoms with Gasteiger partial charge in [-0.2, -0.15) is 0 Å². The number of aliphatic hydroxyl groups is 2. The average Bonchev–Trinajstić information content (AvgIpc) is 3.20. The van der Waals surface area contributed by atoms with Gasteiger partial charge in [0, 0.05) is 12.8 Å². The summed E-state index contributed by atoms with van der Waals surface area (Å²) in [5, 5.41) is 23.2. The van der Waals surface area contributed by atoms with E-state index in [-0.39, 0.29) is 18.5 Å². The topological polar surface area (TPSA) is 95.9 Å². The standard InChI is InChI=1S/C50H97NO5/c1-3-5-7-9-11-13-15-19-23-26-30-34-38-42-48(53)47(46-52)51-49(54)43-39-35-31-27-24-20-17-16-18-21-25-29-33-37-41-45-56-50(55)44-40-36-32-28-22-14-12-10-8-6-4-2/h10,12,47-48,52-53H,3-9,11,13-46H2,1-2H3,(H,51,54)/b12-10-. The smallest absolute Gasteiger partial charge is 0.305 e. The Morgan fingerprint density at radius 2 is 0.857 bits per heavy atom. The van der Waals surface area contributed by atoms with Gasteiger partial charge in [-0.25, -0.2) is 0 Å². The fourth-order valence-corrected chi connectivity index (χ4v) is 7.68. The van der Waals surface area contributed by atoms with Gasteiger partial charge in [0.05, 0.1) is 25.4 Å². The van der Waals surface area contributed by atoms with Crippen molar-refractivity contribution in [2.24, 2.45) is 0 Å². The van der Waals surface area contributed by atoms with Crippen LogP contribution in [0.25, 0.3) is 0 Å². The number of nitrogens with one attached hydrogen (secondary N) is 1. The summed E-state index contributed by atoms with van der Waals surface area (Å²) in [4.78, 5) is 24.4. The van der Waals surface area contributed by atoms with Gasteiger partial charge in [-0.05, 0) is 44.9 Å². The van der Waals surface area contributed by atoms with Crippen molar-refractivity contribution in [2.75, 3.05) is 13.2 Å². The van der Waals surface area contributed by atoms with Crippen LogP contribution in [-0.4, -0.2) is 47.4 Å². The van der Waals surface area contributed by atoms with Gasteiger partial charge in [0.15, 0.2) is 0 Å². The molecule has 0 spiro atoms. The molecule has 0 aromatic heterocycles. The maximum Gasteiger partial charge on any atom is 0.305 e. The van der Waals surface area contributed by atoms with Crippen LogP contribution >= 0.6 is 0 Å². The summed E-state index contributed by atoms with van der Waals surface area (Å²) in [7, 11) is 0. The number of carbonyl (C=O) groups is 2. The number of unbranched alkanes of at least 4 members (excludes halogenated alkanes) is 33. The highest BCUT2D eigenvalue weighted by Crippen LogP contribution is 2.16. The quantitative estimate of drug-likeness (QED) is 0.0324. The van der Waals surface area contributed by atoms with Gasteiger partial charge in [0.1, 0.15) is 0 Å². The molecule has 6 heteroatoms. The van der Waals surface area contributed by atoms with E-state index in [1.807, 2.05) is 0 Å². The number of rotatable bonds is 46. The zero-order valence-electron chi connectivity index (χ0n) is 37.6. The second kappa shape index (κ2) is 46.3. The Bertz CT molecular complexity index is 832. The first-order chi connectivity index (χ1) is 27.5. The van der Waals surface area contributed by atoms with Gasteiger partial charge in [0.25, 0.3) is 0 Å². The summed E-state index contributed by atoms with van der Waals surface area (Å²) in [6.45, 7) is 4.89. The van der Waals surface area contributed by atoms with E-state index in [0.717, 1.165) is 51.4 Å². The summed E-state index contributed by atoms with van der Waals surface area (Å²) in [5.74, 6) is -0.0541.